The Hall–Kier alpha value is -1.88. The van der Waals surface area contributed by atoms with Crippen molar-refractivity contribution in [3.8, 4) is 11.5 Å². The van der Waals surface area contributed by atoms with Crippen LogP contribution in [0.5, 0.6) is 11.5 Å². The molecular formula is C19H24N2O2. The molecule has 1 saturated heterocycles. The van der Waals surface area contributed by atoms with Crippen LogP contribution in [0, 0.1) is 0 Å². The van der Waals surface area contributed by atoms with Gasteiger partial charge in [0.1, 0.15) is 17.7 Å². The molecule has 0 spiro atoms. The summed E-state index contributed by atoms with van der Waals surface area (Å²) in [6.07, 6.45) is 0.135. The van der Waals surface area contributed by atoms with Crippen LogP contribution in [0.2, 0.25) is 0 Å². The summed E-state index contributed by atoms with van der Waals surface area (Å²) in [5.41, 5.74) is 1.13. The smallest absolute Gasteiger partial charge is 0.127 e. The molecule has 3 rings (SSSR count). The zero-order valence-corrected chi connectivity index (χ0v) is 13.6. The topological polar surface area (TPSA) is 33.7 Å². The number of ether oxygens (including phenoxy) is 2. The van der Waals surface area contributed by atoms with Gasteiger partial charge in [0.15, 0.2) is 0 Å². The highest BCUT2D eigenvalue weighted by atomic mass is 16.5. The Kier molecular flexibility index (Phi) is 5.64. The highest BCUT2D eigenvalue weighted by molar-refractivity contribution is 5.33. The van der Waals surface area contributed by atoms with Crippen LogP contribution in [0.4, 0.5) is 0 Å². The summed E-state index contributed by atoms with van der Waals surface area (Å²) >= 11 is 0. The first kappa shape index (κ1) is 16.0. The first-order valence-electron chi connectivity index (χ1n) is 8.19. The molecule has 1 heterocycles. The summed E-state index contributed by atoms with van der Waals surface area (Å²) in [6, 6.07) is 17.9. The second-order valence-corrected chi connectivity index (χ2v) is 5.76. The van der Waals surface area contributed by atoms with Gasteiger partial charge in [-0.1, -0.05) is 30.3 Å². The zero-order valence-electron chi connectivity index (χ0n) is 13.6. The molecule has 0 saturated carbocycles. The van der Waals surface area contributed by atoms with Gasteiger partial charge in [0, 0.05) is 26.2 Å². The van der Waals surface area contributed by atoms with Crippen molar-refractivity contribution in [2.24, 2.45) is 0 Å². The Bertz CT molecular complexity index is 597. The van der Waals surface area contributed by atoms with E-state index in [1.807, 2.05) is 48.5 Å². The molecule has 4 heteroatoms. The molecule has 2 aromatic carbocycles. The molecule has 1 atom stereocenters. The molecule has 4 nitrogen and oxygen atoms in total. The molecule has 2 aromatic rings. The number of nitrogens with zero attached hydrogens (tertiary/aromatic N) is 1. The van der Waals surface area contributed by atoms with Gasteiger partial charge < -0.3 is 14.8 Å². The van der Waals surface area contributed by atoms with Crippen LogP contribution in [0.3, 0.4) is 0 Å². The summed E-state index contributed by atoms with van der Waals surface area (Å²) in [5.74, 6) is 1.69. The maximum atomic E-state index is 6.02. The van der Waals surface area contributed by atoms with Crippen molar-refractivity contribution >= 4 is 0 Å². The van der Waals surface area contributed by atoms with Crippen LogP contribution in [0.15, 0.2) is 54.6 Å². The van der Waals surface area contributed by atoms with Crippen molar-refractivity contribution in [1.82, 2.24) is 10.2 Å². The first-order valence-corrected chi connectivity index (χ1v) is 8.19. The van der Waals surface area contributed by atoms with E-state index in [4.69, 9.17) is 9.47 Å². The van der Waals surface area contributed by atoms with E-state index >= 15 is 0 Å². The zero-order chi connectivity index (χ0) is 15.9. The number of benzene rings is 2. The van der Waals surface area contributed by atoms with Crippen LogP contribution in [-0.4, -0.2) is 37.3 Å². The van der Waals surface area contributed by atoms with Gasteiger partial charge in [-0.25, -0.2) is 0 Å². The molecule has 1 unspecified atom stereocenters. The fourth-order valence-electron chi connectivity index (χ4n) is 2.69. The van der Waals surface area contributed by atoms with E-state index in [9.17, 15) is 0 Å². The highest BCUT2D eigenvalue weighted by Gasteiger charge is 2.16. The summed E-state index contributed by atoms with van der Waals surface area (Å²) in [4.78, 5) is 2.36. The Morgan fingerprint density at radius 2 is 1.74 bits per heavy atom. The average Bonchev–Trinajstić information content (AvgIpc) is 2.62. The number of piperazine rings is 1. The SMILES string of the molecule is CC(OCc1cccc(Oc2ccccc2)c1)N1CCNCC1. The van der Waals surface area contributed by atoms with Crippen molar-refractivity contribution in [3.63, 3.8) is 0 Å². The summed E-state index contributed by atoms with van der Waals surface area (Å²) in [6.45, 7) is 6.87. The van der Waals surface area contributed by atoms with Crippen molar-refractivity contribution in [2.75, 3.05) is 26.2 Å². The van der Waals surface area contributed by atoms with E-state index < -0.39 is 0 Å². The van der Waals surface area contributed by atoms with Gasteiger partial charge in [-0.15, -0.1) is 0 Å². The third-order valence-corrected chi connectivity index (χ3v) is 4.03. The molecule has 1 N–H and O–H groups in total. The van der Waals surface area contributed by atoms with Gasteiger partial charge in [-0.05, 0) is 36.8 Å². The molecule has 23 heavy (non-hydrogen) atoms. The monoisotopic (exact) mass is 312 g/mol. The fraction of sp³-hybridized carbons (Fsp3) is 0.368. The van der Waals surface area contributed by atoms with Crippen molar-refractivity contribution in [1.29, 1.82) is 0 Å². The van der Waals surface area contributed by atoms with E-state index in [0.29, 0.717) is 6.61 Å². The number of para-hydroxylation sites is 1. The number of hydrogen-bond acceptors (Lipinski definition) is 4. The lowest BCUT2D eigenvalue weighted by Gasteiger charge is -2.32. The van der Waals surface area contributed by atoms with E-state index in [1.165, 1.54) is 0 Å². The van der Waals surface area contributed by atoms with Crippen LogP contribution >= 0.6 is 0 Å². The second kappa shape index (κ2) is 8.11. The summed E-state index contributed by atoms with van der Waals surface area (Å²) in [7, 11) is 0. The minimum Gasteiger partial charge on any atom is -0.457 e. The predicted molar refractivity (Wildman–Crippen MR) is 91.7 cm³/mol. The van der Waals surface area contributed by atoms with Gasteiger partial charge >= 0.3 is 0 Å². The Morgan fingerprint density at radius 3 is 2.52 bits per heavy atom. The molecule has 0 amide bonds. The van der Waals surface area contributed by atoms with Gasteiger partial charge in [-0.2, -0.15) is 0 Å². The molecule has 122 valence electrons. The predicted octanol–water partition coefficient (Wildman–Crippen LogP) is 3.25. The van der Waals surface area contributed by atoms with Crippen LogP contribution in [0.25, 0.3) is 0 Å². The normalized spacial score (nSPS) is 16.9. The third kappa shape index (κ3) is 4.79. The number of nitrogens with one attached hydrogen (secondary N) is 1. The first-order chi connectivity index (χ1) is 11.3. The standard InChI is InChI=1S/C19H24N2O2/c1-16(21-12-10-20-11-13-21)22-15-17-6-5-9-19(14-17)23-18-7-3-2-4-8-18/h2-9,14,16,20H,10-13,15H2,1H3. The van der Waals surface area contributed by atoms with Crippen LogP contribution in [-0.2, 0) is 11.3 Å². The van der Waals surface area contributed by atoms with Gasteiger partial charge in [-0.3, -0.25) is 4.90 Å². The van der Waals surface area contributed by atoms with Crippen LogP contribution in [0.1, 0.15) is 12.5 Å². The van der Waals surface area contributed by atoms with Crippen molar-refractivity contribution in [3.05, 3.63) is 60.2 Å². The largest absolute Gasteiger partial charge is 0.457 e. The lowest BCUT2D eigenvalue weighted by Crippen LogP contribution is -2.48. The molecule has 0 aliphatic carbocycles. The Morgan fingerprint density at radius 1 is 1.00 bits per heavy atom. The average molecular weight is 312 g/mol. The molecule has 1 aliphatic heterocycles. The lowest BCUT2D eigenvalue weighted by molar-refractivity contribution is -0.0608. The van der Waals surface area contributed by atoms with Gasteiger partial charge in [0.2, 0.25) is 0 Å². The molecule has 0 aromatic heterocycles. The molecule has 1 fully saturated rings. The third-order valence-electron chi connectivity index (χ3n) is 4.03. The van der Waals surface area contributed by atoms with Crippen LogP contribution < -0.4 is 10.1 Å². The van der Waals surface area contributed by atoms with E-state index in [1.54, 1.807) is 0 Å². The van der Waals surface area contributed by atoms with Crippen molar-refractivity contribution < 1.29 is 9.47 Å². The maximum absolute atomic E-state index is 6.02. The maximum Gasteiger partial charge on any atom is 0.127 e. The molecule has 1 aliphatic rings. The fourth-order valence-corrected chi connectivity index (χ4v) is 2.69. The summed E-state index contributed by atoms with van der Waals surface area (Å²) in [5, 5.41) is 3.36. The Balaban J connectivity index is 1.55. The van der Waals surface area contributed by atoms with E-state index in [-0.39, 0.29) is 6.23 Å². The molecular weight excluding hydrogens is 288 g/mol. The van der Waals surface area contributed by atoms with Gasteiger partial charge in [0.25, 0.3) is 0 Å². The number of rotatable bonds is 6. The van der Waals surface area contributed by atoms with E-state index in [0.717, 1.165) is 43.2 Å². The number of hydrogen-bond donors (Lipinski definition) is 1. The molecule has 0 radical (unpaired) electrons. The van der Waals surface area contributed by atoms with Crippen molar-refractivity contribution in [2.45, 2.75) is 19.8 Å². The Labute approximate surface area is 138 Å². The van der Waals surface area contributed by atoms with E-state index in [2.05, 4.69) is 23.2 Å². The molecule has 0 bridgehead atoms. The second-order valence-electron chi connectivity index (χ2n) is 5.76. The minimum atomic E-state index is 0.135. The quantitative estimate of drug-likeness (QED) is 0.888. The summed E-state index contributed by atoms with van der Waals surface area (Å²) < 4.78 is 11.9. The van der Waals surface area contributed by atoms with Gasteiger partial charge in [0.05, 0.1) is 6.61 Å². The minimum absolute atomic E-state index is 0.135. The highest BCUT2D eigenvalue weighted by Crippen LogP contribution is 2.22. The lowest BCUT2D eigenvalue weighted by atomic mass is 10.2.